The molecule has 3 heterocycles. The Morgan fingerprint density at radius 3 is 2.90 bits per heavy atom. The number of halogens is 1. The molecule has 1 aliphatic heterocycles. The van der Waals surface area contributed by atoms with Crippen LogP contribution in [0.4, 0.5) is 0 Å². The van der Waals surface area contributed by atoms with E-state index in [9.17, 15) is 0 Å². The van der Waals surface area contributed by atoms with Gasteiger partial charge in [-0.25, -0.2) is 9.97 Å². The normalized spacial score (nSPS) is 17.0. The molecule has 1 fully saturated rings. The van der Waals surface area contributed by atoms with Crippen LogP contribution in [0.15, 0.2) is 6.20 Å². The molecular weight excluding hydrogens is 290 g/mol. The van der Waals surface area contributed by atoms with Crippen LogP contribution in [0.5, 0.6) is 0 Å². The van der Waals surface area contributed by atoms with Crippen molar-refractivity contribution in [2.45, 2.75) is 19.4 Å². The Bertz CT molecular complexity index is 623. The highest BCUT2D eigenvalue weighted by Crippen LogP contribution is 2.20. The summed E-state index contributed by atoms with van der Waals surface area (Å²) in [5.74, 6) is 1.44. The third-order valence-electron chi connectivity index (χ3n) is 3.91. The number of aromatic nitrogens is 4. The van der Waals surface area contributed by atoms with E-state index in [1.807, 2.05) is 7.05 Å². The van der Waals surface area contributed by atoms with Gasteiger partial charge in [0.1, 0.15) is 11.0 Å². The Balaban J connectivity index is 1.70. The van der Waals surface area contributed by atoms with Gasteiger partial charge in [-0.2, -0.15) is 5.10 Å². The van der Waals surface area contributed by atoms with E-state index in [4.69, 9.17) is 16.3 Å². The Morgan fingerprint density at radius 1 is 1.38 bits per heavy atom. The molecule has 0 unspecified atom stereocenters. The maximum atomic E-state index is 6.21. The first kappa shape index (κ1) is 14.7. The summed E-state index contributed by atoms with van der Waals surface area (Å²) < 4.78 is 7.12. The van der Waals surface area contributed by atoms with Crippen LogP contribution >= 0.6 is 11.6 Å². The average molecular weight is 310 g/mol. The monoisotopic (exact) mass is 309 g/mol. The lowest BCUT2D eigenvalue weighted by Gasteiger charge is -2.26. The third kappa shape index (κ3) is 3.33. The molecule has 0 spiro atoms. The second-order valence-corrected chi connectivity index (χ2v) is 6.05. The van der Waals surface area contributed by atoms with Crippen molar-refractivity contribution in [2.75, 3.05) is 26.8 Å². The molecule has 0 atom stereocenters. The van der Waals surface area contributed by atoms with Crippen LogP contribution in [0.25, 0.3) is 11.0 Å². The lowest BCUT2D eigenvalue weighted by Crippen LogP contribution is -2.29. The summed E-state index contributed by atoms with van der Waals surface area (Å²) in [7, 11) is 3.96. The van der Waals surface area contributed by atoms with E-state index in [0.717, 1.165) is 49.5 Å². The average Bonchev–Trinajstić information content (AvgIpc) is 2.82. The van der Waals surface area contributed by atoms with Gasteiger partial charge in [0.15, 0.2) is 5.65 Å². The van der Waals surface area contributed by atoms with Gasteiger partial charge in [0.2, 0.25) is 0 Å². The van der Waals surface area contributed by atoms with Gasteiger partial charge in [-0.15, -0.1) is 0 Å². The summed E-state index contributed by atoms with van der Waals surface area (Å²) in [6, 6.07) is 0. The van der Waals surface area contributed by atoms with Gasteiger partial charge in [0, 0.05) is 26.8 Å². The first-order valence-corrected chi connectivity index (χ1v) is 7.61. The highest BCUT2D eigenvalue weighted by Gasteiger charge is 2.17. The molecule has 1 saturated heterocycles. The molecule has 0 bridgehead atoms. The van der Waals surface area contributed by atoms with Gasteiger partial charge < -0.3 is 4.74 Å². The van der Waals surface area contributed by atoms with Crippen molar-refractivity contribution in [2.24, 2.45) is 13.0 Å². The smallest absolute Gasteiger partial charge is 0.162 e. The number of fused-ring (bicyclic) bond motifs is 1. The first-order valence-electron chi connectivity index (χ1n) is 7.24. The summed E-state index contributed by atoms with van der Waals surface area (Å²) in [5, 5.41) is 5.45. The molecule has 21 heavy (non-hydrogen) atoms. The maximum Gasteiger partial charge on any atom is 0.162 e. The third-order valence-corrected chi connectivity index (χ3v) is 4.20. The van der Waals surface area contributed by atoms with Gasteiger partial charge in [0.25, 0.3) is 0 Å². The lowest BCUT2D eigenvalue weighted by atomic mass is 10.00. The van der Waals surface area contributed by atoms with E-state index in [-0.39, 0.29) is 0 Å². The van der Waals surface area contributed by atoms with Crippen LogP contribution in [0.2, 0.25) is 5.15 Å². The van der Waals surface area contributed by atoms with E-state index >= 15 is 0 Å². The van der Waals surface area contributed by atoms with Crippen LogP contribution in [-0.2, 0) is 18.3 Å². The Morgan fingerprint density at radius 2 is 2.14 bits per heavy atom. The molecule has 3 rings (SSSR count). The molecule has 0 N–H and O–H groups in total. The summed E-state index contributed by atoms with van der Waals surface area (Å²) in [6.45, 7) is 3.48. The molecule has 0 aliphatic carbocycles. The predicted octanol–water partition coefficient (Wildman–Crippen LogP) is 1.88. The highest BCUT2D eigenvalue weighted by molar-refractivity contribution is 6.33. The van der Waals surface area contributed by atoms with Crippen LogP contribution in [0.1, 0.15) is 18.7 Å². The van der Waals surface area contributed by atoms with Gasteiger partial charge in [-0.3, -0.25) is 9.58 Å². The molecule has 114 valence electrons. The quantitative estimate of drug-likeness (QED) is 0.807. The second kappa shape index (κ2) is 6.25. The molecule has 2 aromatic rings. The molecule has 0 aromatic carbocycles. The number of aryl methyl sites for hydroxylation is 1. The van der Waals surface area contributed by atoms with Gasteiger partial charge in [0.05, 0.1) is 18.1 Å². The molecule has 6 nitrogen and oxygen atoms in total. The van der Waals surface area contributed by atoms with Gasteiger partial charge >= 0.3 is 0 Å². The molecule has 7 heteroatoms. The van der Waals surface area contributed by atoms with E-state index in [0.29, 0.717) is 17.6 Å². The zero-order valence-corrected chi connectivity index (χ0v) is 13.2. The Kier molecular flexibility index (Phi) is 4.37. The van der Waals surface area contributed by atoms with Crippen molar-refractivity contribution in [3.8, 4) is 0 Å². The topological polar surface area (TPSA) is 56.1 Å². The van der Waals surface area contributed by atoms with Crippen molar-refractivity contribution < 1.29 is 4.74 Å². The van der Waals surface area contributed by atoms with Gasteiger partial charge in [-0.1, -0.05) is 11.6 Å². The van der Waals surface area contributed by atoms with Crippen molar-refractivity contribution in [3.63, 3.8) is 0 Å². The van der Waals surface area contributed by atoms with E-state index in [2.05, 4.69) is 27.0 Å². The van der Waals surface area contributed by atoms with Crippen LogP contribution in [-0.4, -0.2) is 51.5 Å². The summed E-state index contributed by atoms with van der Waals surface area (Å²) in [4.78, 5) is 11.2. The summed E-state index contributed by atoms with van der Waals surface area (Å²) in [6.07, 6.45) is 3.96. The van der Waals surface area contributed by atoms with E-state index < -0.39 is 0 Å². The van der Waals surface area contributed by atoms with E-state index in [1.165, 1.54) is 0 Å². The molecule has 1 aliphatic rings. The van der Waals surface area contributed by atoms with Crippen molar-refractivity contribution in [1.29, 1.82) is 0 Å². The summed E-state index contributed by atoms with van der Waals surface area (Å²) >= 11 is 6.21. The number of hydrogen-bond acceptors (Lipinski definition) is 5. The van der Waals surface area contributed by atoms with Crippen LogP contribution in [0, 0.1) is 5.92 Å². The molecule has 2 aromatic heterocycles. The number of hydrogen-bond donors (Lipinski definition) is 0. The zero-order valence-electron chi connectivity index (χ0n) is 12.4. The highest BCUT2D eigenvalue weighted by atomic mass is 35.5. The van der Waals surface area contributed by atoms with Crippen molar-refractivity contribution in [1.82, 2.24) is 24.6 Å². The Hall–Kier alpha value is -1.24. The lowest BCUT2D eigenvalue weighted by molar-refractivity contribution is 0.0547. The van der Waals surface area contributed by atoms with E-state index in [1.54, 1.807) is 10.9 Å². The number of ether oxygens (including phenoxy) is 1. The second-order valence-electron chi connectivity index (χ2n) is 5.69. The van der Waals surface area contributed by atoms with Crippen molar-refractivity contribution >= 4 is 22.6 Å². The molecule has 0 radical (unpaired) electrons. The fraction of sp³-hybridized carbons (Fsp3) is 0.643. The minimum atomic E-state index is 0.475. The SMILES string of the molecule is CN(Cc1nc(Cl)c2cnn(C)c2n1)CC1CCOCC1. The zero-order chi connectivity index (χ0) is 14.8. The Labute approximate surface area is 129 Å². The minimum absolute atomic E-state index is 0.475. The fourth-order valence-corrected chi connectivity index (χ4v) is 3.01. The van der Waals surface area contributed by atoms with Crippen LogP contribution in [0.3, 0.4) is 0 Å². The van der Waals surface area contributed by atoms with Crippen molar-refractivity contribution in [3.05, 3.63) is 17.2 Å². The molecular formula is C14H20ClN5O. The number of nitrogens with zero attached hydrogens (tertiary/aromatic N) is 5. The number of rotatable bonds is 4. The first-order chi connectivity index (χ1) is 10.1. The predicted molar refractivity (Wildman–Crippen MR) is 81.2 cm³/mol. The maximum absolute atomic E-state index is 6.21. The standard InChI is InChI=1S/C14H20ClN5O/c1-19(8-10-3-5-21-6-4-10)9-12-17-13(15)11-7-16-20(2)14(11)18-12/h7,10H,3-6,8-9H2,1-2H3. The van der Waals surface area contributed by atoms with Crippen LogP contribution < -0.4 is 0 Å². The minimum Gasteiger partial charge on any atom is -0.381 e. The largest absolute Gasteiger partial charge is 0.381 e. The fourth-order valence-electron chi connectivity index (χ4n) is 2.78. The molecule has 0 saturated carbocycles. The van der Waals surface area contributed by atoms with Gasteiger partial charge in [-0.05, 0) is 25.8 Å². The summed E-state index contributed by atoms with van der Waals surface area (Å²) in [5.41, 5.74) is 0.782. The molecule has 0 amide bonds.